The Labute approximate surface area is 174 Å². The number of likely N-dealkylation sites (tertiary alicyclic amines) is 1. The van der Waals surface area contributed by atoms with Gasteiger partial charge in [-0.3, -0.25) is 4.21 Å². The van der Waals surface area contributed by atoms with Gasteiger partial charge in [-0.05, 0) is 73.0 Å². The van der Waals surface area contributed by atoms with Crippen LogP contribution in [0.4, 0.5) is 4.39 Å². The Hall–Kier alpha value is -1.75. The predicted molar refractivity (Wildman–Crippen MR) is 117 cm³/mol. The maximum absolute atomic E-state index is 13.0. The summed E-state index contributed by atoms with van der Waals surface area (Å²) in [6.45, 7) is 2.93. The highest BCUT2D eigenvalue weighted by atomic mass is 35.5. The Bertz CT molecular complexity index is 939. The molecule has 0 saturated carbocycles. The van der Waals surface area contributed by atoms with E-state index in [1.54, 1.807) is 0 Å². The molecule has 5 heteroatoms. The number of nitrogens with zero attached hydrogens (tertiary/aromatic N) is 1. The fourth-order valence-electron chi connectivity index (χ4n) is 3.77. The van der Waals surface area contributed by atoms with Gasteiger partial charge in [-0.25, -0.2) is 4.39 Å². The molecule has 0 N–H and O–H groups in total. The second kappa shape index (κ2) is 9.64. The molecule has 0 aromatic heterocycles. The van der Waals surface area contributed by atoms with Gasteiger partial charge in [0, 0.05) is 16.7 Å². The van der Waals surface area contributed by atoms with Crippen LogP contribution in [0.25, 0.3) is 10.8 Å². The minimum atomic E-state index is -0.952. The lowest BCUT2D eigenvalue weighted by Crippen LogP contribution is -2.38. The molecule has 0 amide bonds. The fraction of sp³-hybridized carbons (Fsp3) is 0.304. The molecule has 2 nitrogen and oxygen atoms in total. The maximum Gasteiger partial charge on any atom is 0.123 e. The van der Waals surface area contributed by atoms with Gasteiger partial charge < -0.3 is 4.90 Å². The van der Waals surface area contributed by atoms with E-state index in [0.29, 0.717) is 0 Å². The first kappa shape index (κ1) is 21.0. The van der Waals surface area contributed by atoms with E-state index in [0.717, 1.165) is 49.2 Å². The summed E-state index contributed by atoms with van der Waals surface area (Å²) < 4.78 is 26.0. The van der Waals surface area contributed by atoms with Crippen molar-refractivity contribution in [3.05, 3.63) is 78.1 Å². The topological polar surface area (TPSA) is 20.3 Å². The number of fused-ring (bicyclic) bond motifs is 1. The van der Waals surface area contributed by atoms with E-state index >= 15 is 0 Å². The summed E-state index contributed by atoms with van der Waals surface area (Å²) in [5, 5.41) is 2.57. The lowest BCUT2D eigenvalue weighted by Gasteiger charge is -2.31. The lowest BCUT2D eigenvalue weighted by molar-refractivity contribution is 0.234. The van der Waals surface area contributed by atoms with E-state index in [1.165, 1.54) is 23.1 Å². The van der Waals surface area contributed by atoms with Gasteiger partial charge in [-0.1, -0.05) is 42.5 Å². The molecule has 28 heavy (non-hydrogen) atoms. The number of hydrogen-bond acceptors (Lipinski definition) is 2. The van der Waals surface area contributed by atoms with E-state index < -0.39 is 10.8 Å². The zero-order chi connectivity index (χ0) is 18.6. The second-order valence-corrected chi connectivity index (χ2v) is 8.96. The van der Waals surface area contributed by atoms with E-state index in [1.807, 2.05) is 30.3 Å². The molecule has 3 aromatic carbocycles. The van der Waals surface area contributed by atoms with Crippen molar-refractivity contribution in [1.82, 2.24) is 4.90 Å². The van der Waals surface area contributed by atoms with Gasteiger partial charge in [-0.15, -0.1) is 12.4 Å². The molecule has 1 atom stereocenters. The summed E-state index contributed by atoms with van der Waals surface area (Å²) in [7, 11) is -0.952. The van der Waals surface area contributed by atoms with Gasteiger partial charge in [0.1, 0.15) is 5.82 Å². The molecule has 1 aliphatic heterocycles. The van der Waals surface area contributed by atoms with Crippen molar-refractivity contribution in [3.8, 4) is 0 Å². The lowest BCUT2D eigenvalue weighted by atomic mass is 10.1. The summed E-state index contributed by atoms with van der Waals surface area (Å²) >= 11 is 0. The first-order valence-electron chi connectivity index (χ1n) is 9.55. The van der Waals surface area contributed by atoms with Crippen molar-refractivity contribution in [3.63, 3.8) is 0 Å². The molecule has 1 saturated heterocycles. The minimum absolute atomic E-state index is 0. The maximum atomic E-state index is 13.0. The van der Waals surface area contributed by atoms with Gasteiger partial charge in [-0.2, -0.15) is 0 Å². The van der Waals surface area contributed by atoms with Crippen LogP contribution >= 0.6 is 12.4 Å². The summed E-state index contributed by atoms with van der Waals surface area (Å²) in [5.41, 5.74) is 1.17. The van der Waals surface area contributed by atoms with E-state index in [9.17, 15) is 8.60 Å². The van der Waals surface area contributed by atoms with E-state index in [-0.39, 0.29) is 23.5 Å². The average Bonchev–Trinajstić information content (AvgIpc) is 2.73. The van der Waals surface area contributed by atoms with Gasteiger partial charge in [0.25, 0.3) is 0 Å². The average molecular weight is 418 g/mol. The Morgan fingerprint density at radius 3 is 2.32 bits per heavy atom. The van der Waals surface area contributed by atoms with Crippen LogP contribution in [0.15, 0.2) is 71.6 Å². The molecule has 1 aliphatic rings. The second-order valence-electron chi connectivity index (χ2n) is 7.22. The van der Waals surface area contributed by atoms with E-state index in [4.69, 9.17) is 0 Å². The third-order valence-electron chi connectivity index (χ3n) is 5.42. The summed E-state index contributed by atoms with van der Waals surface area (Å²) in [6.07, 6.45) is 2.85. The largest absolute Gasteiger partial charge is 0.303 e. The van der Waals surface area contributed by atoms with Crippen LogP contribution in [-0.2, 0) is 17.2 Å². The first-order chi connectivity index (χ1) is 13.2. The molecule has 3 aromatic rings. The molecule has 4 rings (SSSR count). The van der Waals surface area contributed by atoms with Crippen LogP contribution in [0.5, 0.6) is 0 Å². The molecule has 148 valence electrons. The minimum Gasteiger partial charge on any atom is -0.303 e. The standard InChI is InChI=1S/C23H24FNOS.ClH/c24-21-8-5-18(6-9-21)11-14-25-15-12-22(13-16-25)27(26)23-10-7-19-3-1-2-4-20(19)17-23;/h1-10,17,22H,11-16H2;1H. The summed E-state index contributed by atoms with van der Waals surface area (Å²) in [4.78, 5) is 3.37. The molecular formula is C23H25ClFNOS. The molecular weight excluding hydrogens is 393 g/mol. The quantitative estimate of drug-likeness (QED) is 0.567. The Morgan fingerprint density at radius 1 is 0.929 bits per heavy atom. The van der Waals surface area contributed by atoms with Gasteiger partial charge in [0.2, 0.25) is 0 Å². The Balaban J connectivity index is 0.00000225. The Morgan fingerprint density at radius 2 is 1.61 bits per heavy atom. The van der Waals surface area contributed by atoms with Crippen LogP contribution in [0.2, 0.25) is 0 Å². The van der Waals surface area contributed by atoms with Crippen molar-refractivity contribution in [2.24, 2.45) is 0 Å². The number of piperidine rings is 1. The van der Waals surface area contributed by atoms with Crippen molar-refractivity contribution < 1.29 is 8.60 Å². The SMILES string of the molecule is Cl.O=S(c1ccc2ccccc2c1)C1CCN(CCc2ccc(F)cc2)CC1. The number of rotatable bonds is 5. The third-order valence-corrected chi connectivity index (χ3v) is 7.22. The summed E-state index contributed by atoms with van der Waals surface area (Å²) in [6, 6.07) is 21.1. The highest BCUT2D eigenvalue weighted by Gasteiger charge is 2.24. The predicted octanol–water partition coefficient (Wildman–Crippen LogP) is 5.22. The Kier molecular flexibility index (Phi) is 7.22. The van der Waals surface area contributed by atoms with Crippen molar-refractivity contribution >= 4 is 34.0 Å². The van der Waals surface area contributed by atoms with Crippen molar-refractivity contribution in [1.29, 1.82) is 0 Å². The molecule has 1 fully saturated rings. The zero-order valence-electron chi connectivity index (χ0n) is 15.7. The normalized spacial score (nSPS) is 16.6. The van der Waals surface area contributed by atoms with Crippen LogP contribution in [0, 0.1) is 5.82 Å². The molecule has 0 spiro atoms. The smallest absolute Gasteiger partial charge is 0.123 e. The third kappa shape index (κ3) is 4.99. The van der Waals surface area contributed by atoms with Crippen molar-refractivity contribution in [2.45, 2.75) is 29.4 Å². The van der Waals surface area contributed by atoms with Crippen LogP contribution in [-0.4, -0.2) is 34.0 Å². The zero-order valence-corrected chi connectivity index (χ0v) is 17.4. The van der Waals surface area contributed by atoms with Crippen LogP contribution < -0.4 is 0 Å². The van der Waals surface area contributed by atoms with E-state index in [2.05, 4.69) is 29.2 Å². The molecule has 0 aliphatic carbocycles. The number of hydrogen-bond donors (Lipinski definition) is 0. The highest BCUT2D eigenvalue weighted by Crippen LogP contribution is 2.24. The molecule has 1 unspecified atom stereocenters. The monoisotopic (exact) mass is 417 g/mol. The number of halogens is 2. The fourth-order valence-corrected chi connectivity index (χ4v) is 5.24. The van der Waals surface area contributed by atoms with Crippen molar-refractivity contribution in [2.75, 3.05) is 19.6 Å². The molecule has 1 heterocycles. The van der Waals surface area contributed by atoms with Crippen LogP contribution in [0.3, 0.4) is 0 Å². The van der Waals surface area contributed by atoms with Gasteiger partial charge in [0.05, 0.1) is 10.8 Å². The van der Waals surface area contributed by atoms with Gasteiger partial charge >= 0.3 is 0 Å². The molecule has 0 bridgehead atoms. The summed E-state index contributed by atoms with van der Waals surface area (Å²) in [5.74, 6) is -0.185. The molecule has 0 radical (unpaired) electrons. The van der Waals surface area contributed by atoms with Gasteiger partial charge in [0.15, 0.2) is 0 Å². The van der Waals surface area contributed by atoms with Crippen LogP contribution in [0.1, 0.15) is 18.4 Å². The number of benzene rings is 3. The highest BCUT2D eigenvalue weighted by molar-refractivity contribution is 7.85. The first-order valence-corrected chi connectivity index (χ1v) is 10.8.